The van der Waals surface area contributed by atoms with E-state index in [-0.39, 0.29) is 28.3 Å². The second-order valence-corrected chi connectivity index (χ2v) is 11.0. The number of hydrogen-bond acceptors (Lipinski definition) is 6. The lowest BCUT2D eigenvalue weighted by atomic mass is 9.83. The first-order chi connectivity index (χ1) is 18.0. The summed E-state index contributed by atoms with van der Waals surface area (Å²) in [6.07, 6.45) is 9.46. The van der Waals surface area contributed by atoms with Crippen LogP contribution in [-0.2, 0) is 9.59 Å². The van der Waals surface area contributed by atoms with Crippen LogP contribution in [0.1, 0.15) is 45.4 Å². The molecule has 7 heteroatoms. The highest BCUT2D eigenvalue weighted by Crippen LogP contribution is 2.48. The van der Waals surface area contributed by atoms with E-state index in [4.69, 9.17) is 0 Å². The average Bonchev–Trinajstić information content (AvgIpc) is 3.63. The molecule has 1 amide bonds. The fourth-order valence-electron chi connectivity index (χ4n) is 5.68. The maximum absolute atomic E-state index is 13.3. The maximum atomic E-state index is 13.3. The lowest BCUT2D eigenvalue weighted by Crippen LogP contribution is -2.30. The number of benzene rings is 2. The van der Waals surface area contributed by atoms with E-state index in [0.29, 0.717) is 11.4 Å². The number of carbonyl (C=O) groups is 2. The SMILES string of the molecule is CC1=NN(c2ccccc2)C(=O)/C1=C1\C(=O)C(/C=C2\Sc3ccccc3N2CCCC2CCCC2)=C1O. The van der Waals surface area contributed by atoms with E-state index < -0.39 is 5.91 Å². The van der Waals surface area contributed by atoms with Crippen molar-refractivity contribution in [3.63, 3.8) is 0 Å². The Bertz CT molecular complexity index is 1400. The third-order valence-corrected chi connectivity index (χ3v) is 8.72. The Morgan fingerprint density at radius 1 is 1.03 bits per heavy atom. The van der Waals surface area contributed by atoms with Crippen molar-refractivity contribution in [3.8, 4) is 0 Å². The summed E-state index contributed by atoms with van der Waals surface area (Å²) < 4.78 is 0. The van der Waals surface area contributed by atoms with Gasteiger partial charge in [-0.25, -0.2) is 0 Å². The number of thioether (sulfide) groups is 1. The zero-order chi connectivity index (χ0) is 25.5. The standard InChI is InChI=1S/C30H29N3O3S/c1-19-26(30(36)33(31-19)21-13-3-2-4-14-21)27-28(34)22(29(27)35)18-25-32(17-9-12-20-10-5-6-11-20)23-15-7-8-16-24(23)37-25/h2-4,7-8,13-16,18,20,34H,5-6,9-12,17H2,1H3/b25-18-,27-26-. The van der Waals surface area contributed by atoms with Crippen LogP contribution in [0.15, 0.2) is 98.2 Å². The molecule has 188 valence electrons. The monoisotopic (exact) mass is 511 g/mol. The van der Waals surface area contributed by atoms with Crippen LogP contribution >= 0.6 is 11.8 Å². The molecule has 0 atom stereocenters. The Morgan fingerprint density at radius 2 is 1.76 bits per heavy atom. The molecule has 0 saturated heterocycles. The van der Waals surface area contributed by atoms with Crippen molar-refractivity contribution in [1.29, 1.82) is 0 Å². The highest BCUT2D eigenvalue weighted by atomic mass is 32.2. The predicted octanol–water partition coefficient (Wildman–Crippen LogP) is 6.52. The lowest BCUT2D eigenvalue weighted by molar-refractivity contribution is -0.116. The maximum Gasteiger partial charge on any atom is 0.281 e. The normalized spacial score (nSPS) is 22.8. The molecule has 0 unspecified atom stereocenters. The van der Waals surface area contributed by atoms with Crippen LogP contribution < -0.4 is 9.91 Å². The van der Waals surface area contributed by atoms with Gasteiger partial charge in [-0.05, 0) is 56.0 Å². The molecule has 6 nitrogen and oxygen atoms in total. The van der Waals surface area contributed by atoms with Crippen molar-refractivity contribution in [2.45, 2.75) is 50.3 Å². The van der Waals surface area contributed by atoms with Gasteiger partial charge < -0.3 is 10.0 Å². The van der Waals surface area contributed by atoms with Crippen LogP contribution in [0.2, 0.25) is 0 Å². The van der Waals surface area contributed by atoms with Gasteiger partial charge in [0.15, 0.2) is 0 Å². The van der Waals surface area contributed by atoms with E-state index in [0.717, 1.165) is 34.5 Å². The highest BCUT2D eigenvalue weighted by Gasteiger charge is 2.42. The minimum absolute atomic E-state index is 0.0600. The summed E-state index contributed by atoms with van der Waals surface area (Å²) in [6, 6.07) is 17.3. The van der Waals surface area contributed by atoms with Crippen LogP contribution in [0.25, 0.3) is 0 Å². The molecular formula is C30H29N3O3S. The first kappa shape index (κ1) is 23.8. The van der Waals surface area contributed by atoms with Gasteiger partial charge in [0.2, 0.25) is 5.78 Å². The van der Waals surface area contributed by atoms with E-state index in [1.807, 2.05) is 30.3 Å². The third kappa shape index (κ3) is 4.21. The summed E-state index contributed by atoms with van der Waals surface area (Å²) in [5.74, 6) is -0.0223. The summed E-state index contributed by atoms with van der Waals surface area (Å²) in [6.45, 7) is 2.56. The molecule has 4 aliphatic rings. The Kier molecular flexibility index (Phi) is 6.24. The molecule has 2 aliphatic heterocycles. The Labute approximate surface area is 221 Å². The number of aliphatic hydroxyl groups is 1. The molecule has 2 aliphatic carbocycles. The summed E-state index contributed by atoms with van der Waals surface area (Å²) in [5, 5.41) is 17.5. The first-order valence-electron chi connectivity index (χ1n) is 13.0. The zero-order valence-corrected chi connectivity index (χ0v) is 21.6. The number of carbonyl (C=O) groups excluding carboxylic acids is 2. The molecule has 1 saturated carbocycles. The molecule has 37 heavy (non-hydrogen) atoms. The Hall–Kier alpha value is -3.58. The van der Waals surface area contributed by atoms with E-state index in [1.54, 1.807) is 36.9 Å². The van der Waals surface area contributed by atoms with Gasteiger partial charge in [0.05, 0.1) is 38.8 Å². The minimum atomic E-state index is -0.401. The first-order valence-corrected chi connectivity index (χ1v) is 13.8. The number of aliphatic hydroxyl groups excluding tert-OH is 1. The van der Waals surface area contributed by atoms with Gasteiger partial charge in [-0.2, -0.15) is 10.1 Å². The second-order valence-electron chi connectivity index (χ2n) is 9.98. The molecule has 2 aromatic rings. The fourth-order valence-corrected chi connectivity index (χ4v) is 6.81. The predicted molar refractivity (Wildman–Crippen MR) is 148 cm³/mol. The van der Waals surface area contributed by atoms with Gasteiger partial charge in [-0.15, -0.1) is 0 Å². The molecule has 1 N–H and O–H groups in total. The van der Waals surface area contributed by atoms with E-state index >= 15 is 0 Å². The molecule has 2 aromatic carbocycles. The topological polar surface area (TPSA) is 73.2 Å². The number of para-hydroxylation sites is 2. The number of Topliss-reactive ketones (excluding diaryl/α,β-unsaturated/α-hetero) is 1. The van der Waals surface area contributed by atoms with Gasteiger partial charge >= 0.3 is 0 Å². The summed E-state index contributed by atoms with van der Waals surface area (Å²) >= 11 is 1.62. The van der Waals surface area contributed by atoms with Gasteiger partial charge in [-0.3, -0.25) is 9.59 Å². The second kappa shape index (κ2) is 9.71. The molecule has 0 radical (unpaired) electrons. The third-order valence-electron chi connectivity index (χ3n) is 7.61. The van der Waals surface area contributed by atoms with Crippen LogP contribution in [-0.4, -0.2) is 29.1 Å². The number of allylic oxidation sites excluding steroid dienone is 3. The number of amides is 1. The minimum Gasteiger partial charge on any atom is -0.506 e. The number of rotatable bonds is 6. The highest BCUT2D eigenvalue weighted by molar-refractivity contribution is 8.03. The van der Waals surface area contributed by atoms with Crippen LogP contribution in [0, 0.1) is 5.92 Å². The summed E-state index contributed by atoms with van der Waals surface area (Å²) in [4.78, 5) is 29.8. The molecular weight excluding hydrogens is 482 g/mol. The number of nitrogens with zero attached hydrogens (tertiary/aromatic N) is 3. The van der Waals surface area contributed by atoms with Crippen molar-refractivity contribution in [2.24, 2.45) is 11.0 Å². The molecule has 6 rings (SSSR count). The number of fused-ring (bicyclic) bond motifs is 1. The largest absolute Gasteiger partial charge is 0.506 e. The molecule has 0 aromatic heterocycles. The van der Waals surface area contributed by atoms with Gasteiger partial charge in [-0.1, -0.05) is 67.8 Å². The van der Waals surface area contributed by atoms with Crippen LogP contribution in [0.3, 0.4) is 0 Å². The number of ketones is 1. The number of anilines is 2. The van der Waals surface area contributed by atoms with Crippen LogP contribution in [0.4, 0.5) is 11.4 Å². The van der Waals surface area contributed by atoms with Crippen molar-refractivity contribution in [1.82, 2.24) is 0 Å². The molecule has 0 spiro atoms. The van der Waals surface area contributed by atoms with Crippen molar-refractivity contribution < 1.29 is 14.7 Å². The van der Waals surface area contributed by atoms with Crippen molar-refractivity contribution in [2.75, 3.05) is 16.5 Å². The Morgan fingerprint density at radius 3 is 2.51 bits per heavy atom. The van der Waals surface area contributed by atoms with E-state index in [1.165, 1.54) is 37.1 Å². The lowest BCUT2D eigenvalue weighted by Gasteiger charge is -2.24. The number of hydrogen-bond donors (Lipinski definition) is 1. The number of hydrazone groups is 1. The summed E-state index contributed by atoms with van der Waals surface area (Å²) in [5.41, 5.74) is 2.66. The molecule has 1 fully saturated rings. The smallest absolute Gasteiger partial charge is 0.281 e. The molecule has 0 bridgehead atoms. The fraction of sp³-hybridized carbons (Fsp3) is 0.300. The van der Waals surface area contributed by atoms with Gasteiger partial charge in [0, 0.05) is 11.4 Å². The van der Waals surface area contributed by atoms with Gasteiger partial charge in [0.25, 0.3) is 5.91 Å². The van der Waals surface area contributed by atoms with E-state index in [2.05, 4.69) is 22.1 Å². The van der Waals surface area contributed by atoms with E-state index in [9.17, 15) is 14.7 Å². The average molecular weight is 512 g/mol. The van der Waals surface area contributed by atoms with Crippen molar-refractivity contribution >= 4 is 40.5 Å². The summed E-state index contributed by atoms with van der Waals surface area (Å²) in [7, 11) is 0. The van der Waals surface area contributed by atoms with Gasteiger partial charge in [0.1, 0.15) is 5.76 Å². The quantitative estimate of drug-likeness (QED) is 0.447. The molecule has 2 heterocycles. The van der Waals surface area contributed by atoms with Crippen molar-refractivity contribution in [3.05, 3.63) is 88.2 Å². The van der Waals surface area contributed by atoms with Crippen LogP contribution in [0.5, 0.6) is 0 Å². The zero-order valence-electron chi connectivity index (χ0n) is 20.8. The Balaban J connectivity index is 1.27.